The van der Waals surface area contributed by atoms with Crippen LogP contribution in [-0.4, -0.2) is 33.8 Å². The van der Waals surface area contributed by atoms with E-state index in [1.807, 2.05) is 13.8 Å². The van der Waals surface area contributed by atoms with Gasteiger partial charge in [0.2, 0.25) is 0 Å². The number of hydrogen-bond acceptors (Lipinski definition) is 4. The summed E-state index contributed by atoms with van der Waals surface area (Å²) in [6.45, 7) is 7.28. The number of aromatic nitrogens is 2. The molecule has 0 bridgehead atoms. The van der Waals surface area contributed by atoms with E-state index in [4.69, 9.17) is 39.5 Å². The molecule has 0 aliphatic carbocycles. The average Bonchev–Trinajstić information content (AvgIpc) is 2.88. The number of nitrogens with one attached hydrogen (secondary N) is 1. The molecule has 1 unspecified atom stereocenters. The molecule has 0 saturated carbocycles. The quantitative estimate of drug-likeness (QED) is 0.483. The van der Waals surface area contributed by atoms with Gasteiger partial charge in [-0.2, -0.15) is 5.10 Å². The maximum absolute atomic E-state index is 12.0. The third-order valence-corrected chi connectivity index (χ3v) is 4.91. The highest BCUT2D eigenvalue weighted by molar-refractivity contribution is 6.35. The zero-order valence-corrected chi connectivity index (χ0v) is 18.8. The Hall–Kier alpha value is -2.02. The van der Waals surface area contributed by atoms with Crippen molar-refractivity contribution in [1.29, 1.82) is 0 Å². The molecule has 1 N–H and O–H groups in total. The molecule has 0 radical (unpaired) electrons. The van der Waals surface area contributed by atoms with Crippen LogP contribution in [-0.2, 0) is 20.9 Å². The summed E-state index contributed by atoms with van der Waals surface area (Å²) in [7, 11) is 0. The SMILES string of the molecule is Cc1nn(Cc2ccc(Cl)cc2Cl)c(Cl)c1/C=C/C(=O)OC(C)C(=O)NC(C)C. The molecule has 0 aliphatic rings. The molecule has 1 heterocycles. The van der Waals surface area contributed by atoms with Crippen LogP contribution >= 0.6 is 34.8 Å². The van der Waals surface area contributed by atoms with Crippen molar-refractivity contribution >= 4 is 52.8 Å². The average molecular weight is 459 g/mol. The second kappa shape index (κ2) is 10.1. The van der Waals surface area contributed by atoms with E-state index >= 15 is 0 Å². The number of amides is 1. The maximum Gasteiger partial charge on any atom is 0.331 e. The first kappa shape index (κ1) is 23.3. The predicted molar refractivity (Wildman–Crippen MR) is 115 cm³/mol. The Morgan fingerprint density at radius 2 is 1.93 bits per heavy atom. The molecule has 1 amide bonds. The zero-order chi connectivity index (χ0) is 21.7. The largest absolute Gasteiger partial charge is 0.449 e. The van der Waals surface area contributed by atoms with E-state index in [0.29, 0.717) is 33.0 Å². The zero-order valence-electron chi connectivity index (χ0n) is 16.5. The number of halogens is 3. The summed E-state index contributed by atoms with van der Waals surface area (Å²) < 4.78 is 6.68. The van der Waals surface area contributed by atoms with Crippen molar-refractivity contribution in [2.45, 2.75) is 46.4 Å². The van der Waals surface area contributed by atoms with Gasteiger partial charge in [-0.25, -0.2) is 9.48 Å². The van der Waals surface area contributed by atoms with E-state index in [1.165, 1.54) is 19.1 Å². The molecule has 0 fully saturated rings. The van der Waals surface area contributed by atoms with Crippen molar-refractivity contribution in [3.05, 3.63) is 56.3 Å². The molecule has 0 spiro atoms. The highest BCUT2D eigenvalue weighted by atomic mass is 35.5. The van der Waals surface area contributed by atoms with Gasteiger partial charge in [-0.15, -0.1) is 0 Å². The van der Waals surface area contributed by atoms with E-state index in [1.54, 1.807) is 29.8 Å². The van der Waals surface area contributed by atoms with Gasteiger partial charge >= 0.3 is 5.97 Å². The van der Waals surface area contributed by atoms with Crippen molar-refractivity contribution in [2.24, 2.45) is 0 Å². The highest BCUT2D eigenvalue weighted by Crippen LogP contribution is 2.26. The standard InChI is InChI=1S/C20H22Cl3N3O3/c1-11(2)24-20(28)13(4)29-18(27)8-7-16-12(3)25-26(19(16)23)10-14-5-6-15(21)9-17(14)22/h5-9,11,13H,10H2,1-4H3,(H,24,28)/b8-7+. The molecule has 0 saturated heterocycles. The number of hydrogen-bond donors (Lipinski definition) is 1. The molecule has 1 aromatic heterocycles. The normalized spacial score (nSPS) is 12.4. The lowest BCUT2D eigenvalue weighted by molar-refractivity contribution is -0.150. The molecule has 2 rings (SSSR count). The Morgan fingerprint density at radius 1 is 1.24 bits per heavy atom. The lowest BCUT2D eigenvalue weighted by Gasteiger charge is -2.14. The van der Waals surface area contributed by atoms with E-state index in [2.05, 4.69) is 10.4 Å². The van der Waals surface area contributed by atoms with Gasteiger partial charge in [0, 0.05) is 27.7 Å². The summed E-state index contributed by atoms with van der Waals surface area (Å²) >= 11 is 18.6. The van der Waals surface area contributed by atoms with Crippen LogP contribution in [0.5, 0.6) is 0 Å². The predicted octanol–water partition coefficient (Wildman–Crippen LogP) is 4.67. The van der Waals surface area contributed by atoms with Gasteiger partial charge in [-0.3, -0.25) is 4.79 Å². The lowest BCUT2D eigenvalue weighted by Crippen LogP contribution is -2.39. The van der Waals surface area contributed by atoms with Gasteiger partial charge in [0.05, 0.1) is 12.2 Å². The summed E-state index contributed by atoms with van der Waals surface area (Å²) in [5, 5.41) is 8.48. The third kappa shape index (κ3) is 6.49. The van der Waals surface area contributed by atoms with Crippen LogP contribution in [0.25, 0.3) is 6.08 Å². The molecule has 2 aromatic rings. The van der Waals surface area contributed by atoms with Crippen molar-refractivity contribution in [2.75, 3.05) is 0 Å². The molecule has 6 nitrogen and oxygen atoms in total. The Morgan fingerprint density at radius 3 is 2.55 bits per heavy atom. The van der Waals surface area contributed by atoms with E-state index in [0.717, 1.165) is 5.56 Å². The number of esters is 1. The molecule has 0 aliphatic heterocycles. The summed E-state index contributed by atoms with van der Waals surface area (Å²) in [5.74, 6) is -1.01. The second-order valence-electron chi connectivity index (χ2n) is 6.76. The van der Waals surface area contributed by atoms with Crippen molar-refractivity contribution in [3.8, 4) is 0 Å². The fraction of sp³-hybridized carbons (Fsp3) is 0.350. The van der Waals surface area contributed by atoms with Gasteiger partial charge in [-0.1, -0.05) is 40.9 Å². The number of carbonyl (C=O) groups excluding carboxylic acids is 2. The highest BCUT2D eigenvalue weighted by Gasteiger charge is 2.18. The molecular weight excluding hydrogens is 437 g/mol. The fourth-order valence-electron chi connectivity index (χ4n) is 2.49. The van der Waals surface area contributed by atoms with Crippen molar-refractivity contribution in [3.63, 3.8) is 0 Å². The van der Waals surface area contributed by atoms with Gasteiger partial charge in [0.25, 0.3) is 5.91 Å². The Kier molecular flexibility index (Phi) is 8.14. The molecule has 156 valence electrons. The number of benzene rings is 1. The Balaban J connectivity index is 2.09. The minimum atomic E-state index is -0.902. The molecule has 1 atom stereocenters. The van der Waals surface area contributed by atoms with Crippen LogP contribution in [0.3, 0.4) is 0 Å². The van der Waals surface area contributed by atoms with Crippen LogP contribution < -0.4 is 5.32 Å². The van der Waals surface area contributed by atoms with Crippen LogP contribution in [0, 0.1) is 6.92 Å². The first-order valence-electron chi connectivity index (χ1n) is 8.94. The molecule has 1 aromatic carbocycles. The number of carbonyl (C=O) groups is 2. The fourth-order valence-corrected chi connectivity index (χ4v) is 3.26. The monoisotopic (exact) mass is 457 g/mol. The van der Waals surface area contributed by atoms with Gasteiger partial charge in [-0.05, 0) is 51.5 Å². The molecular formula is C20H22Cl3N3O3. The van der Waals surface area contributed by atoms with Gasteiger partial charge in [0.15, 0.2) is 6.10 Å². The lowest BCUT2D eigenvalue weighted by atomic mass is 10.2. The van der Waals surface area contributed by atoms with Crippen LogP contribution in [0.2, 0.25) is 15.2 Å². The third-order valence-electron chi connectivity index (χ3n) is 3.92. The minimum Gasteiger partial charge on any atom is -0.449 e. The maximum atomic E-state index is 12.0. The molecule has 9 heteroatoms. The Bertz CT molecular complexity index is 939. The van der Waals surface area contributed by atoms with Gasteiger partial charge in [0.1, 0.15) is 5.15 Å². The number of rotatable bonds is 7. The topological polar surface area (TPSA) is 73.2 Å². The second-order valence-corrected chi connectivity index (χ2v) is 7.96. The summed E-state index contributed by atoms with van der Waals surface area (Å²) in [5.41, 5.74) is 2.02. The number of nitrogens with zero attached hydrogens (tertiary/aromatic N) is 2. The Labute approximate surface area is 184 Å². The minimum absolute atomic E-state index is 0.0411. The van der Waals surface area contributed by atoms with E-state index in [9.17, 15) is 9.59 Å². The van der Waals surface area contributed by atoms with Crippen LogP contribution in [0.15, 0.2) is 24.3 Å². The van der Waals surface area contributed by atoms with E-state index < -0.39 is 12.1 Å². The van der Waals surface area contributed by atoms with Gasteiger partial charge < -0.3 is 10.1 Å². The van der Waals surface area contributed by atoms with E-state index in [-0.39, 0.29) is 11.9 Å². The van der Waals surface area contributed by atoms with Crippen LogP contribution in [0.1, 0.15) is 37.6 Å². The number of aryl methyl sites for hydroxylation is 1. The van der Waals surface area contributed by atoms with Crippen LogP contribution in [0.4, 0.5) is 0 Å². The summed E-state index contributed by atoms with van der Waals surface area (Å²) in [4.78, 5) is 23.9. The number of ether oxygens (including phenoxy) is 1. The van der Waals surface area contributed by atoms with Crippen molar-refractivity contribution in [1.82, 2.24) is 15.1 Å². The first-order chi connectivity index (χ1) is 13.6. The summed E-state index contributed by atoms with van der Waals surface area (Å²) in [6, 6.07) is 5.14. The van der Waals surface area contributed by atoms with Crippen molar-refractivity contribution < 1.29 is 14.3 Å². The molecule has 29 heavy (non-hydrogen) atoms. The first-order valence-corrected chi connectivity index (χ1v) is 10.1. The smallest absolute Gasteiger partial charge is 0.331 e. The summed E-state index contributed by atoms with van der Waals surface area (Å²) in [6.07, 6.45) is 1.83.